The molecule has 0 saturated carbocycles. The van der Waals surface area contributed by atoms with Gasteiger partial charge in [-0.15, -0.1) is 0 Å². The van der Waals surface area contributed by atoms with Gasteiger partial charge in [-0.05, 0) is 49.4 Å². The Labute approximate surface area is 205 Å². The molecule has 0 rings (SSSR count). The van der Waals surface area contributed by atoms with Crippen LogP contribution in [0.1, 0.15) is 150 Å². The lowest BCUT2D eigenvalue weighted by Gasteiger charge is -2.33. The van der Waals surface area contributed by atoms with E-state index in [-0.39, 0.29) is 12.8 Å². The summed E-state index contributed by atoms with van der Waals surface area (Å²) in [4.78, 5) is 22.1. The van der Waals surface area contributed by atoms with E-state index >= 15 is 0 Å². The molecule has 4 heteroatoms. The number of carboxylic acids is 2. The second-order valence-electron chi connectivity index (χ2n) is 10.5. The number of carbonyl (C=O) groups is 2. The molecule has 0 aromatic carbocycles. The molecule has 0 spiro atoms. The lowest BCUT2D eigenvalue weighted by molar-refractivity contribution is -0.138. The van der Waals surface area contributed by atoms with Gasteiger partial charge in [0.1, 0.15) is 0 Å². The molecule has 0 bridgehead atoms. The fourth-order valence-corrected chi connectivity index (χ4v) is 5.44. The van der Waals surface area contributed by atoms with Crippen LogP contribution in [-0.2, 0) is 9.59 Å². The van der Waals surface area contributed by atoms with Crippen LogP contribution in [0.2, 0.25) is 0 Å². The zero-order valence-electron chi connectivity index (χ0n) is 22.5. The van der Waals surface area contributed by atoms with Crippen molar-refractivity contribution < 1.29 is 19.8 Å². The van der Waals surface area contributed by atoms with E-state index in [9.17, 15) is 14.7 Å². The Bertz CT molecular complexity index is 458. The summed E-state index contributed by atoms with van der Waals surface area (Å²) in [5.74, 6) is 1.31. The first-order valence-corrected chi connectivity index (χ1v) is 14.3. The average molecular weight is 469 g/mol. The minimum absolute atomic E-state index is 0.273. The van der Waals surface area contributed by atoms with E-state index in [2.05, 4.69) is 27.7 Å². The van der Waals surface area contributed by atoms with Gasteiger partial charge in [-0.2, -0.15) is 0 Å². The largest absolute Gasteiger partial charge is 0.481 e. The molecule has 3 unspecified atom stereocenters. The standard InChI is InChI=1S/C29H56O4/c1-5-9-16-24(7-3)22-27(23-25(8-4)17-10-6-2)26(20-21-29(32)33)18-14-12-11-13-15-19-28(30)31/h24-27H,5-23H2,1-4H3,(H,30,31)(H,32,33). The Morgan fingerprint density at radius 1 is 0.545 bits per heavy atom. The van der Waals surface area contributed by atoms with E-state index < -0.39 is 11.9 Å². The molecule has 0 fully saturated rings. The summed E-state index contributed by atoms with van der Waals surface area (Å²) in [6, 6.07) is 0. The van der Waals surface area contributed by atoms with Crippen LogP contribution >= 0.6 is 0 Å². The summed E-state index contributed by atoms with van der Waals surface area (Å²) in [5.41, 5.74) is 0. The average Bonchev–Trinajstić information content (AvgIpc) is 2.79. The summed E-state index contributed by atoms with van der Waals surface area (Å²) >= 11 is 0. The Morgan fingerprint density at radius 3 is 1.48 bits per heavy atom. The first-order chi connectivity index (χ1) is 15.9. The van der Waals surface area contributed by atoms with Gasteiger partial charge in [-0.3, -0.25) is 9.59 Å². The van der Waals surface area contributed by atoms with E-state index in [1.807, 2.05) is 0 Å². The Morgan fingerprint density at radius 2 is 1.03 bits per heavy atom. The normalized spacial score (nSPS) is 15.2. The van der Waals surface area contributed by atoms with Gasteiger partial charge >= 0.3 is 11.9 Å². The molecule has 0 aromatic rings. The highest BCUT2D eigenvalue weighted by atomic mass is 16.4. The molecule has 0 radical (unpaired) electrons. The van der Waals surface area contributed by atoms with E-state index in [4.69, 9.17) is 5.11 Å². The van der Waals surface area contributed by atoms with Crippen molar-refractivity contribution in [2.24, 2.45) is 23.7 Å². The van der Waals surface area contributed by atoms with E-state index in [0.29, 0.717) is 11.8 Å². The number of hydrogen-bond donors (Lipinski definition) is 2. The maximum atomic E-state index is 11.4. The third-order valence-electron chi connectivity index (χ3n) is 7.72. The monoisotopic (exact) mass is 468 g/mol. The predicted octanol–water partition coefficient (Wildman–Crippen LogP) is 9.11. The fraction of sp³-hybridized carbons (Fsp3) is 0.931. The second-order valence-corrected chi connectivity index (χ2v) is 10.5. The fourth-order valence-electron chi connectivity index (χ4n) is 5.44. The molecule has 0 aliphatic heterocycles. The number of unbranched alkanes of at least 4 members (excludes halogenated alkanes) is 6. The SMILES string of the molecule is CCCCC(CC)CC(CC(CC)CCCC)C(CCCCCCCC(=O)O)CCC(=O)O. The van der Waals surface area contributed by atoms with Crippen LogP contribution in [0.5, 0.6) is 0 Å². The van der Waals surface area contributed by atoms with Crippen molar-refractivity contribution in [3.05, 3.63) is 0 Å². The lowest BCUT2D eigenvalue weighted by atomic mass is 9.72. The van der Waals surface area contributed by atoms with Gasteiger partial charge in [-0.25, -0.2) is 0 Å². The number of aliphatic carboxylic acids is 2. The molecule has 196 valence electrons. The Hall–Kier alpha value is -1.06. The van der Waals surface area contributed by atoms with Crippen molar-refractivity contribution in [2.75, 3.05) is 0 Å². The first-order valence-electron chi connectivity index (χ1n) is 14.3. The molecule has 0 aliphatic rings. The zero-order valence-corrected chi connectivity index (χ0v) is 22.5. The second kappa shape index (κ2) is 21.5. The van der Waals surface area contributed by atoms with Gasteiger partial charge in [-0.1, -0.05) is 111 Å². The summed E-state index contributed by atoms with van der Waals surface area (Å²) in [6.07, 6.45) is 20.3. The van der Waals surface area contributed by atoms with Crippen LogP contribution in [0.4, 0.5) is 0 Å². The molecule has 3 atom stereocenters. The minimum atomic E-state index is -0.700. The van der Waals surface area contributed by atoms with Crippen LogP contribution < -0.4 is 0 Å². The molecule has 2 N–H and O–H groups in total. The summed E-state index contributed by atoms with van der Waals surface area (Å²) in [7, 11) is 0. The van der Waals surface area contributed by atoms with Crippen LogP contribution in [0.25, 0.3) is 0 Å². The lowest BCUT2D eigenvalue weighted by Crippen LogP contribution is -2.23. The Kier molecular flexibility index (Phi) is 20.8. The van der Waals surface area contributed by atoms with Gasteiger partial charge in [0.15, 0.2) is 0 Å². The van der Waals surface area contributed by atoms with Gasteiger partial charge in [0.2, 0.25) is 0 Å². The van der Waals surface area contributed by atoms with E-state index in [0.717, 1.165) is 56.8 Å². The highest BCUT2D eigenvalue weighted by Crippen LogP contribution is 2.38. The maximum absolute atomic E-state index is 11.4. The zero-order chi connectivity index (χ0) is 24.9. The van der Waals surface area contributed by atoms with Crippen LogP contribution in [0, 0.1) is 23.7 Å². The molecule has 0 heterocycles. The number of hydrogen-bond acceptors (Lipinski definition) is 2. The number of carboxylic acid groups (broad SMARTS) is 2. The number of rotatable bonds is 24. The molecular weight excluding hydrogens is 412 g/mol. The molecule has 0 aromatic heterocycles. The van der Waals surface area contributed by atoms with Crippen LogP contribution in [0.3, 0.4) is 0 Å². The van der Waals surface area contributed by atoms with Gasteiger partial charge in [0.05, 0.1) is 0 Å². The van der Waals surface area contributed by atoms with Crippen LogP contribution in [-0.4, -0.2) is 22.2 Å². The van der Waals surface area contributed by atoms with Gasteiger partial charge in [0, 0.05) is 12.8 Å². The quantitative estimate of drug-likeness (QED) is 0.138. The summed E-state index contributed by atoms with van der Waals surface area (Å²) in [6.45, 7) is 9.20. The third kappa shape index (κ3) is 18.0. The summed E-state index contributed by atoms with van der Waals surface area (Å²) < 4.78 is 0. The van der Waals surface area contributed by atoms with E-state index in [1.165, 1.54) is 64.2 Å². The Balaban J connectivity index is 5.15. The molecule has 4 nitrogen and oxygen atoms in total. The highest BCUT2D eigenvalue weighted by molar-refractivity contribution is 5.66. The van der Waals surface area contributed by atoms with Crippen molar-refractivity contribution in [2.45, 2.75) is 150 Å². The topological polar surface area (TPSA) is 74.6 Å². The molecule has 0 amide bonds. The van der Waals surface area contributed by atoms with Crippen molar-refractivity contribution in [3.63, 3.8) is 0 Å². The highest BCUT2D eigenvalue weighted by Gasteiger charge is 2.27. The molecule has 33 heavy (non-hydrogen) atoms. The molecule has 0 saturated heterocycles. The maximum Gasteiger partial charge on any atom is 0.303 e. The molecular formula is C29H56O4. The van der Waals surface area contributed by atoms with Crippen molar-refractivity contribution >= 4 is 11.9 Å². The first kappa shape index (κ1) is 31.9. The summed E-state index contributed by atoms with van der Waals surface area (Å²) in [5, 5.41) is 18.2. The van der Waals surface area contributed by atoms with E-state index in [1.54, 1.807) is 0 Å². The third-order valence-corrected chi connectivity index (χ3v) is 7.72. The molecule has 0 aliphatic carbocycles. The van der Waals surface area contributed by atoms with Crippen LogP contribution in [0.15, 0.2) is 0 Å². The van der Waals surface area contributed by atoms with Crippen molar-refractivity contribution in [1.29, 1.82) is 0 Å². The minimum Gasteiger partial charge on any atom is -0.481 e. The van der Waals surface area contributed by atoms with Gasteiger partial charge < -0.3 is 10.2 Å². The van der Waals surface area contributed by atoms with Gasteiger partial charge in [0.25, 0.3) is 0 Å². The van der Waals surface area contributed by atoms with Crippen molar-refractivity contribution in [3.8, 4) is 0 Å². The smallest absolute Gasteiger partial charge is 0.303 e. The predicted molar refractivity (Wildman–Crippen MR) is 140 cm³/mol. The van der Waals surface area contributed by atoms with Crippen molar-refractivity contribution in [1.82, 2.24) is 0 Å².